The molecular weight excluding hydrogens is 272 g/mol. The van der Waals surface area contributed by atoms with Crippen molar-refractivity contribution in [3.63, 3.8) is 0 Å². The van der Waals surface area contributed by atoms with Crippen LogP contribution in [0.5, 0.6) is 17.2 Å². The summed E-state index contributed by atoms with van der Waals surface area (Å²) in [7, 11) is 4.57. The standard InChI is InChI=1S/C15H24N2O4/c1-9(2)6-11(16)15(18)17-10-7-12(19-3)14(21-5)13(8-10)20-4/h7-9,11H,6,16H2,1-5H3,(H,17,18)/t11-/m0/s1. The molecule has 6 nitrogen and oxygen atoms in total. The second-order valence-corrected chi connectivity index (χ2v) is 5.14. The first-order valence-corrected chi connectivity index (χ1v) is 6.79. The summed E-state index contributed by atoms with van der Waals surface area (Å²) in [5, 5.41) is 2.77. The average molecular weight is 296 g/mol. The van der Waals surface area contributed by atoms with Crippen molar-refractivity contribution >= 4 is 11.6 Å². The highest BCUT2D eigenvalue weighted by atomic mass is 16.5. The van der Waals surface area contributed by atoms with Crippen LogP contribution in [0.3, 0.4) is 0 Å². The number of nitrogens with one attached hydrogen (secondary N) is 1. The van der Waals surface area contributed by atoms with E-state index < -0.39 is 6.04 Å². The molecule has 0 radical (unpaired) electrons. The number of amides is 1. The molecule has 1 aromatic rings. The highest BCUT2D eigenvalue weighted by molar-refractivity contribution is 5.95. The van der Waals surface area contributed by atoms with Crippen molar-refractivity contribution in [1.82, 2.24) is 0 Å². The first-order valence-electron chi connectivity index (χ1n) is 6.79. The molecular formula is C15H24N2O4. The summed E-state index contributed by atoms with van der Waals surface area (Å²) in [6.45, 7) is 4.04. The van der Waals surface area contributed by atoms with Gasteiger partial charge in [-0.05, 0) is 12.3 Å². The molecule has 0 heterocycles. The lowest BCUT2D eigenvalue weighted by Crippen LogP contribution is -2.36. The van der Waals surface area contributed by atoms with Gasteiger partial charge in [-0.2, -0.15) is 0 Å². The maximum absolute atomic E-state index is 12.1. The summed E-state index contributed by atoms with van der Waals surface area (Å²) in [6.07, 6.45) is 0.621. The first-order chi connectivity index (χ1) is 9.92. The zero-order valence-corrected chi connectivity index (χ0v) is 13.2. The largest absolute Gasteiger partial charge is 0.493 e. The van der Waals surface area contributed by atoms with E-state index >= 15 is 0 Å². The molecule has 0 saturated carbocycles. The fraction of sp³-hybridized carbons (Fsp3) is 0.533. The Balaban J connectivity index is 2.96. The lowest BCUT2D eigenvalue weighted by molar-refractivity contribution is -0.117. The summed E-state index contributed by atoms with van der Waals surface area (Å²) in [4.78, 5) is 12.1. The van der Waals surface area contributed by atoms with Gasteiger partial charge in [-0.3, -0.25) is 4.79 Å². The van der Waals surface area contributed by atoms with Gasteiger partial charge in [0.15, 0.2) is 11.5 Å². The predicted molar refractivity (Wildman–Crippen MR) is 82.2 cm³/mol. The van der Waals surface area contributed by atoms with Gasteiger partial charge in [0.1, 0.15) is 0 Å². The molecule has 0 unspecified atom stereocenters. The van der Waals surface area contributed by atoms with Crippen molar-refractivity contribution in [2.24, 2.45) is 11.7 Å². The quantitative estimate of drug-likeness (QED) is 0.804. The van der Waals surface area contributed by atoms with Gasteiger partial charge in [0.2, 0.25) is 11.7 Å². The molecule has 1 amide bonds. The van der Waals surface area contributed by atoms with E-state index in [-0.39, 0.29) is 5.91 Å². The summed E-state index contributed by atoms with van der Waals surface area (Å²) >= 11 is 0. The van der Waals surface area contributed by atoms with E-state index in [4.69, 9.17) is 19.9 Å². The Hall–Kier alpha value is -1.95. The van der Waals surface area contributed by atoms with E-state index in [0.29, 0.717) is 35.3 Å². The van der Waals surface area contributed by atoms with Crippen molar-refractivity contribution in [3.05, 3.63) is 12.1 Å². The maximum Gasteiger partial charge on any atom is 0.241 e. The van der Waals surface area contributed by atoms with Crippen LogP contribution in [0.15, 0.2) is 12.1 Å². The van der Waals surface area contributed by atoms with Crippen LogP contribution in [-0.2, 0) is 4.79 Å². The van der Waals surface area contributed by atoms with Crippen molar-refractivity contribution in [1.29, 1.82) is 0 Å². The number of nitrogens with two attached hydrogens (primary N) is 1. The molecule has 118 valence electrons. The molecule has 6 heteroatoms. The summed E-state index contributed by atoms with van der Waals surface area (Å²) in [6, 6.07) is 2.78. The fourth-order valence-corrected chi connectivity index (χ4v) is 2.00. The van der Waals surface area contributed by atoms with E-state index in [1.807, 2.05) is 13.8 Å². The Morgan fingerprint density at radius 3 is 2.05 bits per heavy atom. The van der Waals surface area contributed by atoms with Gasteiger partial charge in [0.25, 0.3) is 0 Å². The molecule has 0 aliphatic carbocycles. The molecule has 21 heavy (non-hydrogen) atoms. The van der Waals surface area contributed by atoms with Gasteiger partial charge in [-0.25, -0.2) is 0 Å². The van der Waals surface area contributed by atoms with Crippen LogP contribution in [-0.4, -0.2) is 33.3 Å². The van der Waals surface area contributed by atoms with E-state index in [2.05, 4.69) is 5.32 Å². The molecule has 1 rings (SSSR count). The second kappa shape index (κ2) is 7.73. The van der Waals surface area contributed by atoms with Gasteiger partial charge < -0.3 is 25.3 Å². The van der Waals surface area contributed by atoms with Crippen molar-refractivity contribution in [2.45, 2.75) is 26.3 Å². The summed E-state index contributed by atoms with van der Waals surface area (Å²) in [5.41, 5.74) is 6.41. The van der Waals surface area contributed by atoms with E-state index in [0.717, 1.165) is 0 Å². The minimum absolute atomic E-state index is 0.238. The van der Waals surface area contributed by atoms with Gasteiger partial charge in [-0.15, -0.1) is 0 Å². The van der Waals surface area contributed by atoms with Crippen LogP contribution in [0.2, 0.25) is 0 Å². The number of carbonyl (C=O) groups excluding carboxylic acids is 1. The van der Waals surface area contributed by atoms with Gasteiger partial charge >= 0.3 is 0 Å². The van der Waals surface area contributed by atoms with Crippen LogP contribution in [0.1, 0.15) is 20.3 Å². The Morgan fingerprint density at radius 1 is 1.14 bits per heavy atom. The number of rotatable bonds is 7. The van der Waals surface area contributed by atoms with E-state index in [1.165, 1.54) is 21.3 Å². The van der Waals surface area contributed by atoms with Crippen molar-refractivity contribution in [2.75, 3.05) is 26.6 Å². The zero-order valence-electron chi connectivity index (χ0n) is 13.2. The summed E-state index contributed by atoms with van der Waals surface area (Å²) < 4.78 is 15.7. The number of carbonyl (C=O) groups is 1. The molecule has 0 aromatic heterocycles. The van der Waals surface area contributed by atoms with E-state index in [9.17, 15) is 4.79 Å². The minimum Gasteiger partial charge on any atom is -0.493 e. The van der Waals surface area contributed by atoms with Crippen molar-refractivity contribution in [3.8, 4) is 17.2 Å². The highest BCUT2D eigenvalue weighted by Crippen LogP contribution is 2.39. The lowest BCUT2D eigenvalue weighted by Gasteiger charge is -2.17. The predicted octanol–water partition coefficient (Wildman–Crippen LogP) is 2.02. The molecule has 0 aliphatic heterocycles. The van der Waals surface area contributed by atoms with Crippen LogP contribution < -0.4 is 25.3 Å². The first kappa shape index (κ1) is 17.1. The average Bonchev–Trinajstić information content (AvgIpc) is 2.45. The van der Waals surface area contributed by atoms with Crippen LogP contribution in [0.25, 0.3) is 0 Å². The van der Waals surface area contributed by atoms with Gasteiger partial charge in [0.05, 0.1) is 27.4 Å². The molecule has 0 bridgehead atoms. The van der Waals surface area contributed by atoms with Crippen LogP contribution in [0, 0.1) is 5.92 Å². The molecule has 1 aromatic carbocycles. The molecule has 0 spiro atoms. The topological polar surface area (TPSA) is 82.8 Å². The number of benzene rings is 1. The SMILES string of the molecule is COc1cc(NC(=O)[C@@H](N)CC(C)C)cc(OC)c1OC. The Kier molecular flexibility index (Phi) is 6.30. The Bertz CT molecular complexity index is 464. The third-order valence-electron chi connectivity index (χ3n) is 2.99. The number of ether oxygens (including phenoxy) is 3. The molecule has 1 atom stereocenters. The number of methoxy groups -OCH3 is 3. The second-order valence-electron chi connectivity index (χ2n) is 5.14. The third-order valence-corrected chi connectivity index (χ3v) is 2.99. The van der Waals surface area contributed by atoms with Crippen molar-refractivity contribution < 1.29 is 19.0 Å². The summed E-state index contributed by atoms with van der Waals surface area (Å²) in [5.74, 6) is 1.54. The van der Waals surface area contributed by atoms with Gasteiger partial charge in [-0.1, -0.05) is 13.8 Å². The smallest absolute Gasteiger partial charge is 0.241 e. The Morgan fingerprint density at radius 2 is 1.67 bits per heavy atom. The number of hydrogen-bond acceptors (Lipinski definition) is 5. The van der Waals surface area contributed by atoms with E-state index in [1.54, 1.807) is 12.1 Å². The maximum atomic E-state index is 12.1. The third kappa shape index (κ3) is 4.53. The molecule has 0 saturated heterocycles. The molecule has 0 fully saturated rings. The van der Waals surface area contributed by atoms with Crippen LogP contribution in [0.4, 0.5) is 5.69 Å². The zero-order chi connectivity index (χ0) is 16.0. The van der Waals surface area contributed by atoms with Gasteiger partial charge in [0, 0.05) is 17.8 Å². The minimum atomic E-state index is -0.552. The monoisotopic (exact) mass is 296 g/mol. The van der Waals surface area contributed by atoms with Crippen LogP contribution >= 0.6 is 0 Å². The molecule has 3 N–H and O–H groups in total. The number of anilines is 1. The normalized spacial score (nSPS) is 12.0. The Labute approximate surface area is 125 Å². The lowest BCUT2D eigenvalue weighted by atomic mass is 10.0. The molecule has 0 aliphatic rings. The fourth-order valence-electron chi connectivity index (χ4n) is 2.00. The highest BCUT2D eigenvalue weighted by Gasteiger charge is 2.18. The number of hydrogen-bond donors (Lipinski definition) is 2.